The molecule has 10 nitrogen and oxygen atoms in total. The molecule has 13 heteroatoms. The van der Waals surface area contributed by atoms with Crippen LogP contribution < -0.4 is 14.4 Å². The maximum Gasteiger partial charge on any atom is 0.286 e. The summed E-state index contributed by atoms with van der Waals surface area (Å²) >= 11 is 6.43. The summed E-state index contributed by atoms with van der Waals surface area (Å²) in [7, 11) is -5.28. The quantitative estimate of drug-likeness (QED) is 0.363. The number of benzene rings is 2. The monoisotopic (exact) mass is 733 g/mol. The number of halogens is 1. The van der Waals surface area contributed by atoms with Crippen LogP contribution in [0.3, 0.4) is 0 Å². The number of methoxy groups -OCH3 is 1. The van der Waals surface area contributed by atoms with Crippen LogP contribution in [0.4, 0.5) is 5.69 Å². The van der Waals surface area contributed by atoms with Gasteiger partial charge in [-0.3, -0.25) is 14.3 Å². The number of fused-ring (bicyclic) bond motifs is 3. The van der Waals surface area contributed by atoms with Gasteiger partial charge in [-0.2, -0.15) is 0 Å². The van der Waals surface area contributed by atoms with E-state index >= 15 is 0 Å². The average molecular weight is 734 g/mol. The van der Waals surface area contributed by atoms with Crippen LogP contribution in [-0.2, 0) is 41.1 Å². The maximum absolute atomic E-state index is 14.0. The molecule has 2 bridgehead atoms. The lowest BCUT2D eigenvalue weighted by Gasteiger charge is -2.42. The van der Waals surface area contributed by atoms with E-state index in [0.29, 0.717) is 43.3 Å². The molecule has 1 aliphatic carbocycles. The van der Waals surface area contributed by atoms with Crippen LogP contribution in [0.25, 0.3) is 0 Å². The Hall–Kier alpha value is -2.93. The summed E-state index contributed by atoms with van der Waals surface area (Å²) in [6, 6.07) is 11.3. The molecular weight excluding hydrogens is 686 g/mol. The lowest BCUT2D eigenvalue weighted by atomic mass is 9.70. The number of sulfone groups is 1. The molecule has 5 rings (SSSR count). The van der Waals surface area contributed by atoms with Crippen LogP contribution in [0.2, 0.25) is 5.02 Å². The van der Waals surface area contributed by atoms with Gasteiger partial charge < -0.3 is 14.4 Å². The Balaban J connectivity index is 1.59. The highest BCUT2D eigenvalue weighted by atomic mass is 35.5. The van der Waals surface area contributed by atoms with Crippen molar-refractivity contribution in [2.75, 3.05) is 49.5 Å². The number of aryl methyl sites for hydroxylation is 1. The largest absolute Gasteiger partial charge is 0.490 e. The van der Waals surface area contributed by atoms with Crippen LogP contribution >= 0.6 is 11.6 Å². The molecule has 1 unspecified atom stereocenters. The van der Waals surface area contributed by atoms with Gasteiger partial charge in [0.05, 0.1) is 29.9 Å². The van der Waals surface area contributed by atoms with Crippen LogP contribution in [0.1, 0.15) is 73.9 Å². The minimum atomic E-state index is -3.57. The first-order chi connectivity index (χ1) is 23.2. The van der Waals surface area contributed by atoms with Crippen molar-refractivity contribution in [2.45, 2.75) is 70.3 Å². The van der Waals surface area contributed by atoms with E-state index in [1.54, 1.807) is 25.3 Å². The number of carbonyl (C=O) groups is 2. The van der Waals surface area contributed by atoms with Crippen molar-refractivity contribution in [1.82, 2.24) is 4.72 Å². The Morgan fingerprint density at radius 1 is 1.22 bits per heavy atom. The lowest BCUT2D eigenvalue weighted by Crippen LogP contribution is -2.47. The van der Waals surface area contributed by atoms with Crippen molar-refractivity contribution in [3.63, 3.8) is 0 Å². The van der Waals surface area contributed by atoms with E-state index < -0.39 is 37.3 Å². The first-order valence-corrected chi connectivity index (χ1v) is 21.1. The summed E-state index contributed by atoms with van der Waals surface area (Å²) in [5, 5.41) is 0.715. The van der Waals surface area contributed by atoms with Gasteiger partial charge in [0.2, 0.25) is 5.91 Å². The van der Waals surface area contributed by atoms with Crippen molar-refractivity contribution in [2.24, 2.45) is 16.2 Å². The van der Waals surface area contributed by atoms with Crippen LogP contribution in [0.15, 0.2) is 52.9 Å². The van der Waals surface area contributed by atoms with Gasteiger partial charge in [-0.15, -0.1) is 4.36 Å². The molecule has 0 radical (unpaired) electrons. The minimum absolute atomic E-state index is 0.0788. The molecule has 2 aromatic rings. The fraction of sp³-hybridized carbons (Fsp3) is 0.556. The minimum Gasteiger partial charge on any atom is -0.490 e. The molecule has 3 aliphatic rings. The second kappa shape index (κ2) is 15.5. The molecule has 2 aromatic carbocycles. The molecule has 5 atom stereocenters. The molecule has 49 heavy (non-hydrogen) atoms. The number of carbonyl (C=O) groups excluding carboxylic acids is 2. The molecule has 1 spiro atoms. The third-order valence-electron chi connectivity index (χ3n) is 10.1. The van der Waals surface area contributed by atoms with E-state index in [0.717, 1.165) is 37.6 Å². The zero-order chi connectivity index (χ0) is 35.4. The van der Waals surface area contributed by atoms with E-state index in [2.05, 4.69) is 40.0 Å². The SMILES string of the molecule is CC[C@H]1CN2C[C@@]3(CCCc4cc(Cl)ccc43)COc3ccc(cc32)C(=O)N=S(=O)(NC(=O)CCS(C)(=O)=O)CCC/C=C/[C@H](OC)[C@@H]1C. The van der Waals surface area contributed by atoms with Crippen molar-refractivity contribution in [3.05, 3.63) is 70.3 Å². The fourth-order valence-corrected chi connectivity index (χ4v) is 9.75. The predicted octanol–water partition coefficient (Wildman–Crippen LogP) is 5.91. The Bertz CT molecular complexity index is 1820. The van der Waals surface area contributed by atoms with Crippen molar-refractivity contribution < 1.29 is 31.7 Å². The third-order valence-corrected chi connectivity index (χ3v) is 13.1. The Kier molecular flexibility index (Phi) is 11.8. The number of rotatable bonds is 6. The fourth-order valence-electron chi connectivity index (χ4n) is 7.37. The van der Waals surface area contributed by atoms with Crippen LogP contribution in [0.5, 0.6) is 5.75 Å². The van der Waals surface area contributed by atoms with Gasteiger partial charge in [0, 0.05) is 48.9 Å². The summed E-state index contributed by atoms with van der Waals surface area (Å²) in [4.78, 5) is 28.8. The molecule has 2 heterocycles. The van der Waals surface area contributed by atoms with E-state index in [1.165, 1.54) is 11.1 Å². The van der Waals surface area contributed by atoms with Crippen molar-refractivity contribution >= 4 is 48.9 Å². The average Bonchev–Trinajstić information content (AvgIpc) is 3.20. The van der Waals surface area contributed by atoms with Gasteiger partial charge in [-0.1, -0.05) is 50.1 Å². The number of hydrogen-bond donors (Lipinski definition) is 1. The third kappa shape index (κ3) is 9.06. The first kappa shape index (κ1) is 37.3. The Labute approximate surface area is 296 Å². The number of ether oxygens (including phenoxy) is 2. The predicted molar refractivity (Wildman–Crippen MR) is 195 cm³/mol. The molecule has 0 fully saturated rings. The summed E-state index contributed by atoms with van der Waals surface area (Å²) in [6.07, 6.45) is 9.20. The summed E-state index contributed by atoms with van der Waals surface area (Å²) in [6.45, 7) is 6.21. The van der Waals surface area contributed by atoms with Gasteiger partial charge in [0.25, 0.3) is 5.91 Å². The Morgan fingerprint density at radius 3 is 2.76 bits per heavy atom. The first-order valence-electron chi connectivity index (χ1n) is 17.0. The molecule has 2 aliphatic heterocycles. The van der Waals surface area contributed by atoms with Gasteiger partial charge in [0.1, 0.15) is 25.5 Å². The van der Waals surface area contributed by atoms with E-state index in [1.807, 2.05) is 18.2 Å². The number of nitrogens with zero attached hydrogens (tertiary/aromatic N) is 2. The molecular formula is C36H48ClN3O7S2. The second-order valence-corrected chi connectivity index (χ2v) is 18.5. The highest BCUT2D eigenvalue weighted by Gasteiger charge is 2.42. The van der Waals surface area contributed by atoms with Gasteiger partial charge in [-0.05, 0) is 85.4 Å². The number of anilines is 1. The topological polar surface area (TPSA) is 131 Å². The molecule has 1 N–H and O–H groups in total. The molecule has 268 valence electrons. The van der Waals surface area contributed by atoms with Gasteiger partial charge in [-0.25, -0.2) is 12.6 Å². The molecule has 0 saturated carbocycles. The van der Waals surface area contributed by atoms with Gasteiger partial charge >= 0.3 is 0 Å². The zero-order valence-electron chi connectivity index (χ0n) is 28.8. The highest BCUT2D eigenvalue weighted by molar-refractivity contribution is 7.92. The summed E-state index contributed by atoms with van der Waals surface area (Å²) in [5.74, 6) is -0.907. The highest BCUT2D eigenvalue weighted by Crippen LogP contribution is 2.45. The number of hydrogen-bond acceptors (Lipinski definition) is 8. The molecule has 0 aromatic heterocycles. The van der Waals surface area contributed by atoms with Gasteiger partial charge in [0.15, 0.2) is 0 Å². The standard InChI is InChI=1S/C36H48ClN3O7S2/c1-5-26-22-40-23-36(17-9-10-27-20-29(37)13-14-30(27)36)24-47-33-15-12-28(21-31(33)40)35(42)39-49(45,38-34(41)16-19-48(4,43)44)18-8-6-7-11-32(46-3)25(26)2/h7,11-15,20-21,25-26,32H,5-6,8-10,16-19,22-24H2,1-4H3,(H,38,39,41,42,45)/b11-7+/t25-,26+,32+,36+,49?/m1/s1. The van der Waals surface area contributed by atoms with Crippen molar-refractivity contribution in [1.29, 1.82) is 0 Å². The number of allylic oxidation sites excluding steroid dienone is 1. The lowest BCUT2D eigenvalue weighted by molar-refractivity contribution is -0.118. The zero-order valence-corrected chi connectivity index (χ0v) is 31.2. The van der Waals surface area contributed by atoms with E-state index in [4.69, 9.17) is 21.1 Å². The number of amides is 2. The van der Waals surface area contributed by atoms with Crippen LogP contribution in [0, 0.1) is 11.8 Å². The Morgan fingerprint density at radius 2 is 2.02 bits per heavy atom. The molecule has 0 saturated heterocycles. The normalized spacial score (nSPS) is 28.5. The van der Waals surface area contributed by atoms with Crippen LogP contribution in [-0.4, -0.2) is 75.1 Å². The second-order valence-electron chi connectivity index (χ2n) is 13.7. The smallest absolute Gasteiger partial charge is 0.286 e. The maximum atomic E-state index is 14.0. The summed E-state index contributed by atoms with van der Waals surface area (Å²) in [5.41, 5.74) is 3.14. The van der Waals surface area contributed by atoms with E-state index in [9.17, 15) is 22.2 Å². The summed E-state index contributed by atoms with van der Waals surface area (Å²) < 4.78 is 56.4. The molecule has 2 amide bonds. The van der Waals surface area contributed by atoms with E-state index in [-0.39, 0.29) is 41.1 Å². The number of nitrogens with one attached hydrogen (secondary N) is 1. The van der Waals surface area contributed by atoms with Crippen molar-refractivity contribution in [3.8, 4) is 5.75 Å².